The van der Waals surface area contributed by atoms with Gasteiger partial charge in [-0.2, -0.15) is 5.26 Å². The molecule has 0 aliphatic carbocycles. The maximum atomic E-state index is 12.4. The van der Waals surface area contributed by atoms with Crippen molar-refractivity contribution in [3.8, 4) is 6.07 Å². The molecule has 0 aliphatic heterocycles. The summed E-state index contributed by atoms with van der Waals surface area (Å²) in [5.74, 6) is -0.191. The highest BCUT2D eigenvalue weighted by Crippen LogP contribution is 2.17. The van der Waals surface area contributed by atoms with E-state index in [1.54, 1.807) is 29.2 Å². The molecule has 2 amide bonds. The number of nitrogens with one attached hydrogen (secondary N) is 1. The molecule has 1 aromatic heterocycles. The van der Waals surface area contributed by atoms with Gasteiger partial charge in [-0.1, -0.05) is 17.8 Å². The molecular weight excluding hydrogens is 364 g/mol. The van der Waals surface area contributed by atoms with E-state index in [-0.39, 0.29) is 28.9 Å². The molecule has 8 nitrogen and oxygen atoms in total. The Bertz CT molecular complexity index is 876. The van der Waals surface area contributed by atoms with Crippen molar-refractivity contribution in [2.24, 2.45) is 0 Å². The fraction of sp³-hybridized carbons (Fsp3) is 0.278. The molecule has 1 heterocycles. The maximum absolute atomic E-state index is 12.4. The number of carbonyl (C=O) groups is 2. The van der Waals surface area contributed by atoms with E-state index in [0.29, 0.717) is 29.5 Å². The van der Waals surface area contributed by atoms with Gasteiger partial charge in [-0.15, -0.1) is 0 Å². The largest absolute Gasteiger partial charge is 0.382 e. The topological polar surface area (TPSA) is 125 Å². The third-order valence-electron chi connectivity index (χ3n) is 3.69. The molecule has 2 aromatic rings. The fourth-order valence-corrected chi connectivity index (χ4v) is 2.91. The highest BCUT2D eigenvalue weighted by Gasteiger charge is 2.13. The molecule has 0 aliphatic rings. The molecular formula is C18H20N6O2S. The number of amides is 2. The molecule has 0 fully saturated rings. The Morgan fingerprint density at radius 2 is 2.07 bits per heavy atom. The van der Waals surface area contributed by atoms with Gasteiger partial charge in [-0.05, 0) is 32.0 Å². The summed E-state index contributed by atoms with van der Waals surface area (Å²) in [6.07, 6.45) is 1.32. The first kappa shape index (κ1) is 20.2. The standard InChI is InChI=1S/C18H20N6O2S/c1-3-24(4-2)17(26)12-6-5-7-14(8-12)22-15(25)11-27-18-21-10-13(9-19)16(20)23-18/h5-8,10H,3-4,11H2,1-2H3,(H,22,25)(H2,20,21,23). The molecule has 3 N–H and O–H groups in total. The first-order valence-electron chi connectivity index (χ1n) is 8.33. The molecule has 9 heteroatoms. The van der Waals surface area contributed by atoms with Crippen LogP contribution in [0, 0.1) is 11.3 Å². The van der Waals surface area contributed by atoms with Crippen LogP contribution in [0.2, 0.25) is 0 Å². The average molecular weight is 384 g/mol. The van der Waals surface area contributed by atoms with Gasteiger partial charge in [0.1, 0.15) is 17.5 Å². The van der Waals surface area contributed by atoms with Gasteiger partial charge in [0.2, 0.25) is 5.91 Å². The molecule has 1 aromatic carbocycles. The minimum absolute atomic E-state index is 0.0690. The second-order valence-corrected chi connectivity index (χ2v) is 6.40. The predicted octanol–water partition coefficient (Wildman–Crippen LogP) is 2.14. The van der Waals surface area contributed by atoms with E-state index in [2.05, 4.69) is 15.3 Å². The molecule has 140 valence electrons. The van der Waals surface area contributed by atoms with E-state index < -0.39 is 0 Å². The second-order valence-electron chi connectivity index (χ2n) is 5.46. The Morgan fingerprint density at radius 3 is 2.70 bits per heavy atom. The lowest BCUT2D eigenvalue weighted by Gasteiger charge is -2.19. The van der Waals surface area contributed by atoms with Crippen LogP contribution in [0.5, 0.6) is 0 Å². The number of benzene rings is 1. The number of hydrogen-bond donors (Lipinski definition) is 2. The summed E-state index contributed by atoms with van der Waals surface area (Å²) in [6, 6.07) is 8.70. The van der Waals surface area contributed by atoms with Crippen molar-refractivity contribution >= 4 is 35.1 Å². The Hall–Kier alpha value is -3.12. The van der Waals surface area contributed by atoms with Gasteiger partial charge < -0.3 is 16.0 Å². The normalized spacial score (nSPS) is 10.1. The van der Waals surface area contributed by atoms with Gasteiger partial charge in [0.05, 0.1) is 11.9 Å². The lowest BCUT2D eigenvalue weighted by atomic mass is 10.1. The summed E-state index contributed by atoms with van der Waals surface area (Å²) in [7, 11) is 0. The lowest BCUT2D eigenvalue weighted by Crippen LogP contribution is -2.30. The molecule has 2 rings (SSSR count). The molecule has 0 saturated heterocycles. The minimum Gasteiger partial charge on any atom is -0.382 e. The van der Waals surface area contributed by atoms with Gasteiger partial charge in [-0.25, -0.2) is 9.97 Å². The predicted molar refractivity (Wildman–Crippen MR) is 104 cm³/mol. The van der Waals surface area contributed by atoms with Crippen LogP contribution in [0.1, 0.15) is 29.8 Å². The highest BCUT2D eigenvalue weighted by atomic mass is 32.2. The smallest absolute Gasteiger partial charge is 0.253 e. The van der Waals surface area contributed by atoms with E-state index in [1.165, 1.54) is 6.20 Å². The van der Waals surface area contributed by atoms with Crippen LogP contribution in [-0.4, -0.2) is 45.5 Å². The van der Waals surface area contributed by atoms with Gasteiger partial charge in [-0.3, -0.25) is 9.59 Å². The van der Waals surface area contributed by atoms with Crippen LogP contribution in [0.4, 0.5) is 11.5 Å². The average Bonchev–Trinajstić information content (AvgIpc) is 2.67. The molecule has 0 unspecified atom stereocenters. The van der Waals surface area contributed by atoms with Crippen LogP contribution in [-0.2, 0) is 4.79 Å². The van der Waals surface area contributed by atoms with Crippen molar-refractivity contribution in [2.45, 2.75) is 19.0 Å². The number of anilines is 2. The van der Waals surface area contributed by atoms with Crippen LogP contribution in [0.3, 0.4) is 0 Å². The van der Waals surface area contributed by atoms with E-state index in [0.717, 1.165) is 11.8 Å². The monoisotopic (exact) mass is 384 g/mol. The number of nitrogens with two attached hydrogens (primary N) is 1. The van der Waals surface area contributed by atoms with Crippen molar-refractivity contribution in [3.05, 3.63) is 41.6 Å². The van der Waals surface area contributed by atoms with Gasteiger partial charge >= 0.3 is 0 Å². The Balaban J connectivity index is 1.98. The number of carbonyl (C=O) groups excluding carboxylic acids is 2. The number of aromatic nitrogens is 2. The molecule has 0 spiro atoms. The number of thioether (sulfide) groups is 1. The van der Waals surface area contributed by atoms with Crippen molar-refractivity contribution < 1.29 is 9.59 Å². The first-order valence-corrected chi connectivity index (χ1v) is 9.31. The Labute approximate surface area is 161 Å². The quantitative estimate of drug-likeness (QED) is 0.553. The van der Waals surface area contributed by atoms with Crippen molar-refractivity contribution in [3.63, 3.8) is 0 Å². The molecule has 27 heavy (non-hydrogen) atoms. The van der Waals surface area contributed by atoms with Crippen LogP contribution < -0.4 is 11.1 Å². The van der Waals surface area contributed by atoms with Crippen molar-refractivity contribution in [2.75, 3.05) is 29.9 Å². The molecule has 0 bridgehead atoms. The van der Waals surface area contributed by atoms with Gasteiger partial charge in [0, 0.05) is 24.3 Å². The van der Waals surface area contributed by atoms with Crippen LogP contribution in [0.15, 0.2) is 35.6 Å². The number of nitriles is 1. The number of nitrogen functional groups attached to an aromatic ring is 1. The summed E-state index contributed by atoms with van der Waals surface area (Å²) >= 11 is 1.10. The molecule has 0 saturated carbocycles. The number of hydrogen-bond acceptors (Lipinski definition) is 7. The zero-order valence-electron chi connectivity index (χ0n) is 15.1. The summed E-state index contributed by atoms with van der Waals surface area (Å²) in [5, 5.41) is 11.9. The summed E-state index contributed by atoms with van der Waals surface area (Å²) in [5.41, 5.74) is 6.89. The van der Waals surface area contributed by atoms with Crippen molar-refractivity contribution in [1.29, 1.82) is 5.26 Å². The zero-order chi connectivity index (χ0) is 19.8. The fourth-order valence-electron chi connectivity index (χ4n) is 2.28. The lowest BCUT2D eigenvalue weighted by molar-refractivity contribution is -0.113. The highest BCUT2D eigenvalue weighted by molar-refractivity contribution is 7.99. The first-order chi connectivity index (χ1) is 13.0. The third kappa shape index (κ3) is 5.43. The second kappa shape index (κ2) is 9.54. The van der Waals surface area contributed by atoms with E-state index >= 15 is 0 Å². The van der Waals surface area contributed by atoms with E-state index in [4.69, 9.17) is 11.0 Å². The zero-order valence-corrected chi connectivity index (χ0v) is 15.9. The maximum Gasteiger partial charge on any atom is 0.253 e. The number of nitrogens with zero attached hydrogens (tertiary/aromatic N) is 4. The molecule has 0 atom stereocenters. The third-order valence-corrected chi connectivity index (χ3v) is 4.55. The Kier molecular flexibility index (Phi) is 7.14. The summed E-state index contributed by atoms with van der Waals surface area (Å²) in [6.45, 7) is 5.08. The molecule has 0 radical (unpaired) electrons. The number of rotatable bonds is 7. The SMILES string of the molecule is CCN(CC)C(=O)c1cccc(NC(=O)CSc2ncc(C#N)c(N)n2)c1. The van der Waals surface area contributed by atoms with Gasteiger partial charge in [0.15, 0.2) is 5.16 Å². The summed E-state index contributed by atoms with van der Waals surface area (Å²) in [4.78, 5) is 34.2. The minimum atomic E-state index is -0.265. The Morgan fingerprint density at radius 1 is 1.33 bits per heavy atom. The van der Waals surface area contributed by atoms with Gasteiger partial charge in [0.25, 0.3) is 5.91 Å². The van der Waals surface area contributed by atoms with Crippen molar-refractivity contribution in [1.82, 2.24) is 14.9 Å². The van der Waals surface area contributed by atoms with E-state index in [1.807, 2.05) is 19.9 Å². The van der Waals surface area contributed by atoms with Crippen LogP contribution in [0.25, 0.3) is 0 Å². The van der Waals surface area contributed by atoms with Crippen LogP contribution >= 0.6 is 11.8 Å². The summed E-state index contributed by atoms with van der Waals surface area (Å²) < 4.78 is 0. The van der Waals surface area contributed by atoms with E-state index in [9.17, 15) is 9.59 Å².